The first kappa shape index (κ1) is 18.7. The van der Waals surface area contributed by atoms with Crippen LogP contribution in [0.3, 0.4) is 0 Å². The summed E-state index contributed by atoms with van der Waals surface area (Å²) >= 11 is 0. The van der Waals surface area contributed by atoms with Crippen LogP contribution in [0.2, 0.25) is 0 Å². The summed E-state index contributed by atoms with van der Waals surface area (Å²) in [7, 11) is 0. The van der Waals surface area contributed by atoms with Crippen LogP contribution in [0.1, 0.15) is 62.4 Å². The van der Waals surface area contributed by atoms with Crippen LogP contribution < -0.4 is 10.2 Å². The van der Waals surface area contributed by atoms with Crippen LogP contribution in [-0.4, -0.2) is 60.0 Å². The minimum absolute atomic E-state index is 0.355. The van der Waals surface area contributed by atoms with E-state index in [4.69, 9.17) is 9.97 Å². The van der Waals surface area contributed by atoms with E-state index in [9.17, 15) is 4.79 Å². The number of nitrogens with zero attached hydrogens (tertiary/aromatic N) is 4. The lowest BCUT2D eigenvalue weighted by atomic mass is 9.93. The van der Waals surface area contributed by atoms with Crippen molar-refractivity contribution in [2.45, 2.75) is 57.8 Å². The minimum atomic E-state index is 0.355. The second kappa shape index (κ2) is 8.55. The Hall–Kier alpha value is -1.69. The third-order valence-electron chi connectivity index (χ3n) is 6.48. The van der Waals surface area contributed by atoms with E-state index >= 15 is 0 Å². The van der Waals surface area contributed by atoms with Crippen LogP contribution in [0.15, 0.2) is 6.07 Å². The molecular formula is C21H33N5O. The summed E-state index contributed by atoms with van der Waals surface area (Å²) < 4.78 is 0. The molecule has 4 rings (SSSR count). The summed E-state index contributed by atoms with van der Waals surface area (Å²) in [6.07, 6.45) is 7.81. The van der Waals surface area contributed by atoms with Gasteiger partial charge >= 0.3 is 0 Å². The average molecular weight is 372 g/mol. The molecule has 6 nitrogen and oxygen atoms in total. The first-order chi connectivity index (χ1) is 13.2. The van der Waals surface area contributed by atoms with E-state index in [1.54, 1.807) is 0 Å². The van der Waals surface area contributed by atoms with Crippen LogP contribution in [0.25, 0.3) is 0 Å². The number of likely N-dealkylation sites (tertiary alicyclic amines) is 1. The smallest absolute Gasteiger partial charge is 0.222 e. The first-order valence-electron chi connectivity index (χ1n) is 10.8. The molecule has 1 aromatic heterocycles. The Labute approximate surface area is 162 Å². The zero-order valence-electron chi connectivity index (χ0n) is 16.6. The predicted octanol–water partition coefficient (Wildman–Crippen LogP) is 2.48. The molecule has 0 aromatic carbocycles. The van der Waals surface area contributed by atoms with E-state index in [1.807, 2.05) is 6.92 Å². The van der Waals surface area contributed by atoms with Crippen molar-refractivity contribution >= 4 is 11.7 Å². The standard InChI is InChI=1S/C21H33N5O/c1-16-23-19(18-4-2-9-22-15-18)14-20(24-16)25-11-6-17(7-12-25)8-13-26-10-3-5-21(26)27/h14,17-18,22H,2-13,15H2,1H3/t18-/m1/s1. The van der Waals surface area contributed by atoms with Crippen LogP contribution >= 0.6 is 0 Å². The molecule has 6 heteroatoms. The summed E-state index contributed by atoms with van der Waals surface area (Å²) in [5, 5.41) is 3.50. The maximum atomic E-state index is 11.8. The molecule has 3 saturated heterocycles. The van der Waals surface area contributed by atoms with Gasteiger partial charge in [0.25, 0.3) is 0 Å². The van der Waals surface area contributed by atoms with E-state index in [1.165, 1.54) is 31.4 Å². The SMILES string of the molecule is Cc1nc([C@@H]2CCCNC2)cc(N2CCC(CCN3CCCC3=O)CC2)n1. The third kappa shape index (κ3) is 4.60. The van der Waals surface area contributed by atoms with Gasteiger partial charge in [0.2, 0.25) is 5.91 Å². The van der Waals surface area contributed by atoms with E-state index in [-0.39, 0.29) is 0 Å². The monoisotopic (exact) mass is 371 g/mol. The number of hydrogen-bond donors (Lipinski definition) is 1. The number of nitrogens with one attached hydrogen (secondary N) is 1. The second-order valence-electron chi connectivity index (χ2n) is 8.44. The summed E-state index contributed by atoms with van der Waals surface area (Å²) in [5.74, 6) is 3.61. The maximum Gasteiger partial charge on any atom is 0.222 e. The molecule has 0 saturated carbocycles. The molecule has 0 spiro atoms. The molecule has 4 heterocycles. The lowest BCUT2D eigenvalue weighted by Gasteiger charge is -2.34. The predicted molar refractivity (Wildman–Crippen MR) is 107 cm³/mol. The number of hydrogen-bond acceptors (Lipinski definition) is 5. The van der Waals surface area contributed by atoms with Crippen LogP contribution in [-0.2, 0) is 4.79 Å². The fourth-order valence-corrected chi connectivity index (χ4v) is 4.78. The van der Waals surface area contributed by atoms with Crippen molar-refractivity contribution in [3.8, 4) is 0 Å². The Kier molecular flexibility index (Phi) is 5.91. The Morgan fingerprint density at radius 1 is 1.15 bits per heavy atom. The molecule has 27 heavy (non-hydrogen) atoms. The van der Waals surface area contributed by atoms with Crippen molar-refractivity contribution in [1.82, 2.24) is 20.2 Å². The number of anilines is 1. The van der Waals surface area contributed by atoms with Crippen molar-refractivity contribution < 1.29 is 4.79 Å². The van der Waals surface area contributed by atoms with Crippen molar-refractivity contribution in [3.05, 3.63) is 17.6 Å². The third-order valence-corrected chi connectivity index (χ3v) is 6.48. The maximum absolute atomic E-state index is 11.8. The normalized spacial score (nSPS) is 24.6. The molecule has 0 unspecified atom stereocenters. The number of piperidine rings is 2. The molecule has 148 valence electrons. The van der Waals surface area contributed by atoms with Gasteiger partial charge in [-0.3, -0.25) is 4.79 Å². The molecule has 0 bridgehead atoms. The lowest BCUT2D eigenvalue weighted by molar-refractivity contribution is -0.127. The van der Waals surface area contributed by atoms with E-state index in [2.05, 4.69) is 21.2 Å². The molecule has 1 aromatic rings. The largest absolute Gasteiger partial charge is 0.356 e. The van der Waals surface area contributed by atoms with Gasteiger partial charge < -0.3 is 15.1 Å². The van der Waals surface area contributed by atoms with Crippen molar-refractivity contribution in [2.24, 2.45) is 5.92 Å². The van der Waals surface area contributed by atoms with Gasteiger partial charge in [-0.05, 0) is 57.9 Å². The Balaban J connectivity index is 1.32. The molecule has 3 aliphatic rings. The van der Waals surface area contributed by atoms with Crippen LogP contribution in [0.4, 0.5) is 5.82 Å². The van der Waals surface area contributed by atoms with Crippen LogP contribution in [0, 0.1) is 12.8 Å². The Morgan fingerprint density at radius 3 is 2.70 bits per heavy atom. The number of rotatable bonds is 5. The van der Waals surface area contributed by atoms with E-state index in [0.717, 1.165) is 76.1 Å². The second-order valence-corrected chi connectivity index (χ2v) is 8.44. The Bertz CT molecular complexity index is 650. The number of amides is 1. The Morgan fingerprint density at radius 2 is 2.00 bits per heavy atom. The van der Waals surface area contributed by atoms with Gasteiger partial charge in [-0.2, -0.15) is 0 Å². The van der Waals surface area contributed by atoms with Crippen molar-refractivity contribution in [1.29, 1.82) is 0 Å². The zero-order chi connectivity index (χ0) is 18.6. The van der Waals surface area contributed by atoms with Gasteiger partial charge in [0.05, 0.1) is 5.69 Å². The highest BCUT2D eigenvalue weighted by atomic mass is 16.2. The molecule has 1 atom stereocenters. The first-order valence-corrected chi connectivity index (χ1v) is 10.8. The van der Waals surface area contributed by atoms with E-state index in [0.29, 0.717) is 11.8 Å². The van der Waals surface area contributed by atoms with Gasteiger partial charge in [-0.15, -0.1) is 0 Å². The highest BCUT2D eigenvalue weighted by molar-refractivity contribution is 5.77. The van der Waals surface area contributed by atoms with Gasteiger partial charge in [0.1, 0.15) is 11.6 Å². The highest BCUT2D eigenvalue weighted by Crippen LogP contribution is 2.28. The zero-order valence-corrected chi connectivity index (χ0v) is 16.6. The van der Waals surface area contributed by atoms with Crippen LogP contribution in [0.5, 0.6) is 0 Å². The van der Waals surface area contributed by atoms with Gasteiger partial charge in [0.15, 0.2) is 0 Å². The molecule has 0 radical (unpaired) electrons. The van der Waals surface area contributed by atoms with Gasteiger partial charge in [-0.25, -0.2) is 9.97 Å². The number of aryl methyl sites for hydroxylation is 1. The summed E-state index contributed by atoms with van der Waals surface area (Å²) in [5.41, 5.74) is 1.21. The highest BCUT2D eigenvalue weighted by Gasteiger charge is 2.25. The minimum Gasteiger partial charge on any atom is -0.356 e. The summed E-state index contributed by atoms with van der Waals surface area (Å²) in [4.78, 5) is 25.7. The van der Waals surface area contributed by atoms with Crippen molar-refractivity contribution in [2.75, 3.05) is 44.2 Å². The molecule has 3 fully saturated rings. The molecular weight excluding hydrogens is 338 g/mol. The number of aromatic nitrogens is 2. The topological polar surface area (TPSA) is 61.4 Å². The molecule has 3 aliphatic heterocycles. The molecule has 1 amide bonds. The molecule has 1 N–H and O–H groups in total. The van der Waals surface area contributed by atoms with Crippen molar-refractivity contribution in [3.63, 3.8) is 0 Å². The fraction of sp³-hybridized carbons (Fsp3) is 0.762. The summed E-state index contributed by atoms with van der Waals surface area (Å²) in [6.45, 7) is 8.24. The molecule has 0 aliphatic carbocycles. The summed E-state index contributed by atoms with van der Waals surface area (Å²) in [6, 6.07) is 2.23. The lowest BCUT2D eigenvalue weighted by Crippen LogP contribution is -2.36. The number of carbonyl (C=O) groups excluding carboxylic acids is 1. The number of carbonyl (C=O) groups is 1. The fourth-order valence-electron chi connectivity index (χ4n) is 4.78. The van der Waals surface area contributed by atoms with Gasteiger partial charge in [-0.1, -0.05) is 0 Å². The average Bonchev–Trinajstić information content (AvgIpc) is 3.12. The quantitative estimate of drug-likeness (QED) is 0.862. The van der Waals surface area contributed by atoms with Gasteiger partial charge in [0, 0.05) is 51.1 Å². The van der Waals surface area contributed by atoms with E-state index < -0.39 is 0 Å².